The van der Waals surface area contributed by atoms with Crippen molar-refractivity contribution in [1.29, 1.82) is 0 Å². The largest absolute Gasteiger partial charge is 0.466 e. The Morgan fingerprint density at radius 1 is 1.09 bits per heavy atom. The molecule has 3 rings (SSSR count). The van der Waals surface area contributed by atoms with Crippen molar-refractivity contribution in [3.8, 4) is 0 Å². The SMILES string of the molecule is CNC(=S)O[C@H]1CN[C@H](C(c2ccccc2)c2ccccc2)C1. The van der Waals surface area contributed by atoms with Gasteiger partial charge < -0.3 is 15.4 Å². The van der Waals surface area contributed by atoms with Gasteiger partial charge in [0.1, 0.15) is 6.10 Å². The predicted octanol–water partition coefficient (Wildman–Crippen LogP) is 3.07. The highest BCUT2D eigenvalue weighted by Crippen LogP contribution is 2.32. The predicted molar refractivity (Wildman–Crippen MR) is 97.7 cm³/mol. The van der Waals surface area contributed by atoms with Gasteiger partial charge in [-0.1, -0.05) is 60.7 Å². The van der Waals surface area contributed by atoms with Gasteiger partial charge >= 0.3 is 0 Å². The summed E-state index contributed by atoms with van der Waals surface area (Å²) < 4.78 is 5.77. The topological polar surface area (TPSA) is 33.3 Å². The normalized spacial score (nSPS) is 20.4. The van der Waals surface area contributed by atoms with E-state index in [4.69, 9.17) is 17.0 Å². The summed E-state index contributed by atoms with van der Waals surface area (Å²) >= 11 is 5.12. The van der Waals surface area contributed by atoms with Crippen LogP contribution in [0.25, 0.3) is 0 Å². The number of nitrogens with one attached hydrogen (secondary N) is 2. The second kappa shape index (κ2) is 7.57. The van der Waals surface area contributed by atoms with E-state index in [2.05, 4.69) is 71.3 Å². The third kappa shape index (κ3) is 3.89. The molecule has 120 valence electrons. The zero-order valence-corrected chi connectivity index (χ0v) is 14.1. The molecular formula is C19H22N2OS. The first-order chi connectivity index (χ1) is 11.3. The van der Waals surface area contributed by atoms with Gasteiger partial charge in [-0.25, -0.2) is 0 Å². The summed E-state index contributed by atoms with van der Waals surface area (Å²) in [6.07, 6.45) is 1.06. The molecule has 0 aromatic heterocycles. The molecule has 0 amide bonds. The second-order valence-corrected chi connectivity index (χ2v) is 6.20. The molecule has 1 aliphatic rings. The van der Waals surface area contributed by atoms with E-state index in [9.17, 15) is 0 Å². The maximum absolute atomic E-state index is 5.77. The van der Waals surface area contributed by atoms with Crippen LogP contribution < -0.4 is 10.6 Å². The van der Waals surface area contributed by atoms with Gasteiger partial charge in [0.25, 0.3) is 5.17 Å². The van der Waals surface area contributed by atoms with Crippen LogP contribution in [0.15, 0.2) is 60.7 Å². The number of ether oxygens (including phenoxy) is 1. The van der Waals surface area contributed by atoms with Crippen LogP contribution in [0, 0.1) is 0 Å². The molecule has 2 atom stereocenters. The van der Waals surface area contributed by atoms with Gasteiger partial charge in [0.2, 0.25) is 0 Å². The Balaban J connectivity index is 1.81. The van der Waals surface area contributed by atoms with Gasteiger partial charge in [0.15, 0.2) is 0 Å². The van der Waals surface area contributed by atoms with Crippen molar-refractivity contribution in [1.82, 2.24) is 10.6 Å². The summed E-state index contributed by atoms with van der Waals surface area (Å²) in [4.78, 5) is 0. The van der Waals surface area contributed by atoms with E-state index in [0.29, 0.717) is 17.1 Å². The maximum atomic E-state index is 5.77. The lowest BCUT2D eigenvalue weighted by Gasteiger charge is -2.25. The Morgan fingerprint density at radius 2 is 1.65 bits per heavy atom. The second-order valence-electron chi connectivity index (χ2n) is 5.83. The molecule has 0 radical (unpaired) electrons. The molecule has 4 heteroatoms. The van der Waals surface area contributed by atoms with Crippen molar-refractivity contribution < 1.29 is 4.74 Å². The fourth-order valence-corrected chi connectivity index (χ4v) is 3.40. The van der Waals surface area contributed by atoms with Gasteiger partial charge in [-0.3, -0.25) is 0 Å². The van der Waals surface area contributed by atoms with Crippen LogP contribution in [0.1, 0.15) is 23.5 Å². The summed E-state index contributed by atoms with van der Waals surface area (Å²) in [5.41, 5.74) is 2.65. The van der Waals surface area contributed by atoms with Gasteiger partial charge in [-0.15, -0.1) is 0 Å². The highest BCUT2D eigenvalue weighted by molar-refractivity contribution is 7.80. The molecule has 2 N–H and O–H groups in total. The highest BCUT2D eigenvalue weighted by Gasteiger charge is 2.33. The van der Waals surface area contributed by atoms with Gasteiger partial charge in [-0.2, -0.15) is 0 Å². The molecule has 0 saturated carbocycles. The number of hydrogen-bond acceptors (Lipinski definition) is 3. The first kappa shape index (κ1) is 16.0. The van der Waals surface area contributed by atoms with Crippen LogP contribution in [-0.4, -0.2) is 30.9 Å². The van der Waals surface area contributed by atoms with Crippen molar-refractivity contribution >= 4 is 17.4 Å². The third-order valence-corrected chi connectivity index (χ3v) is 4.62. The van der Waals surface area contributed by atoms with Crippen LogP contribution in [0.4, 0.5) is 0 Å². The summed E-state index contributed by atoms with van der Waals surface area (Å²) in [7, 11) is 1.79. The molecule has 1 saturated heterocycles. The van der Waals surface area contributed by atoms with Crippen molar-refractivity contribution in [2.24, 2.45) is 0 Å². The fraction of sp³-hybridized carbons (Fsp3) is 0.316. The molecule has 1 fully saturated rings. The zero-order chi connectivity index (χ0) is 16.1. The molecular weight excluding hydrogens is 304 g/mol. The monoisotopic (exact) mass is 326 g/mol. The van der Waals surface area contributed by atoms with Crippen LogP contribution in [-0.2, 0) is 4.74 Å². The smallest absolute Gasteiger partial charge is 0.256 e. The molecule has 2 aromatic carbocycles. The number of rotatable bonds is 4. The molecule has 0 spiro atoms. The van der Waals surface area contributed by atoms with Crippen molar-refractivity contribution in [2.75, 3.05) is 13.6 Å². The lowest BCUT2D eigenvalue weighted by molar-refractivity contribution is 0.203. The molecule has 2 aromatic rings. The molecule has 3 nitrogen and oxygen atoms in total. The van der Waals surface area contributed by atoms with E-state index in [0.717, 1.165) is 13.0 Å². The Bertz CT molecular complexity index is 593. The summed E-state index contributed by atoms with van der Waals surface area (Å²) in [5.74, 6) is 0.314. The van der Waals surface area contributed by atoms with E-state index in [1.807, 2.05) is 0 Å². The van der Waals surface area contributed by atoms with Gasteiger partial charge in [-0.05, 0) is 23.3 Å². The fourth-order valence-electron chi connectivity index (χ4n) is 3.26. The standard InChI is InChI=1S/C19H22N2OS/c1-20-19(23)22-16-12-17(21-13-16)18(14-8-4-2-5-9-14)15-10-6-3-7-11-15/h2-11,16-18,21H,12-13H2,1H3,(H,20,23)/t16-,17+/m1/s1. The first-order valence-electron chi connectivity index (χ1n) is 7.99. The summed E-state index contributed by atoms with van der Waals surface area (Å²) in [6.45, 7) is 0.822. The van der Waals surface area contributed by atoms with Crippen molar-refractivity contribution in [2.45, 2.75) is 24.5 Å². The maximum Gasteiger partial charge on any atom is 0.256 e. The first-order valence-corrected chi connectivity index (χ1v) is 8.40. The minimum Gasteiger partial charge on any atom is -0.466 e. The molecule has 23 heavy (non-hydrogen) atoms. The molecule has 0 aliphatic carbocycles. The van der Waals surface area contributed by atoms with Crippen LogP contribution >= 0.6 is 12.2 Å². The third-order valence-electron chi connectivity index (χ3n) is 4.32. The Hall–Kier alpha value is -1.91. The Labute approximate surface area is 143 Å². The zero-order valence-electron chi connectivity index (χ0n) is 13.2. The Kier molecular flexibility index (Phi) is 5.26. The average Bonchev–Trinajstić information content (AvgIpc) is 3.05. The van der Waals surface area contributed by atoms with Gasteiger partial charge in [0.05, 0.1) is 0 Å². The lowest BCUT2D eigenvalue weighted by Crippen LogP contribution is -2.29. The average molecular weight is 326 g/mol. The van der Waals surface area contributed by atoms with E-state index >= 15 is 0 Å². The highest BCUT2D eigenvalue weighted by atomic mass is 32.1. The van der Waals surface area contributed by atoms with Gasteiger partial charge in [0, 0.05) is 32.0 Å². The molecule has 1 heterocycles. The van der Waals surface area contributed by atoms with Crippen LogP contribution in [0.2, 0.25) is 0 Å². The molecule has 0 bridgehead atoms. The van der Waals surface area contributed by atoms with Crippen molar-refractivity contribution in [3.05, 3.63) is 71.8 Å². The number of benzene rings is 2. The van der Waals surface area contributed by atoms with Crippen LogP contribution in [0.3, 0.4) is 0 Å². The summed E-state index contributed by atoms with van der Waals surface area (Å²) in [6, 6.07) is 21.7. The number of thiocarbonyl (C=S) groups is 1. The lowest BCUT2D eigenvalue weighted by atomic mass is 9.84. The number of hydrogen-bond donors (Lipinski definition) is 2. The van der Waals surface area contributed by atoms with E-state index in [1.54, 1.807) is 7.05 Å². The van der Waals surface area contributed by atoms with E-state index in [1.165, 1.54) is 11.1 Å². The summed E-state index contributed by atoms with van der Waals surface area (Å²) in [5, 5.41) is 6.97. The Morgan fingerprint density at radius 3 is 2.17 bits per heavy atom. The van der Waals surface area contributed by atoms with Crippen molar-refractivity contribution in [3.63, 3.8) is 0 Å². The van der Waals surface area contributed by atoms with E-state index in [-0.39, 0.29) is 6.10 Å². The van der Waals surface area contributed by atoms with Crippen LogP contribution in [0.5, 0.6) is 0 Å². The minimum absolute atomic E-state index is 0.120. The molecule has 1 aliphatic heterocycles. The molecule has 0 unspecified atom stereocenters. The van der Waals surface area contributed by atoms with E-state index < -0.39 is 0 Å². The minimum atomic E-state index is 0.120. The quantitative estimate of drug-likeness (QED) is 0.846.